The first-order valence-corrected chi connectivity index (χ1v) is 14.6. The Morgan fingerprint density at radius 3 is 1.91 bits per heavy atom. The molecule has 32 heavy (non-hydrogen) atoms. The highest BCUT2D eigenvalue weighted by Crippen LogP contribution is 2.53. The quantitative estimate of drug-likeness (QED) is 0.272. The summed E-state index contributed by atoms with van der Waals surface area (Å²) in [5.74, 6) is -0.344. The lowest BCUT2D eigenvalue weighted by Crippen LogP contribution is -2.44. The minimum Gasteiger partial charge on any atom is -0.222 e. The molecule has 1 atom stereocenters. The van der Waals surface area contributed by atoms with Crippen LogP contribution in [0.5, 0.6) is 0 Å². The monoisotopic (exact) mass is 536 g/mol. The molecule has 2 aromatic rings. The Kier molecular flexibility index (Phi) is 7.84. The van der Waals surface area contributed by atoms with Gasteiger partial charge < -0.3 is 0 Å². The third-order valence-electron chi connectivity index (χ3n) is 6.16. The lowest BCUT2D eigenvalue weighted by molar-refractivity contribution is 0.535. The summed E-state index contributed by atoms with van der Waals surface area (Å²) in [6.45, 7) is 6.02. The first-order valence-electron chi connectivity index (χ1n) is 10.8. The van der Waals surface area contributed by atoms with Gasteiger partial charge in [0.05, 0.1) is 9.79 Å². The Bertz CT molecular complexity index is 1120. The van der Waals surface area contributed by atoms with Crippen molar-refractivity contribution in [1.29, 1.82) is 0 Å². The van der Waals surface area contributed by atoms with E-state index in [1.807, 2.05) is 0 Å². The van der Waals surface area contributed by atoms with Crippen molar-refractivity contribution in [2.75, 3.05) is 0 Å². The predicted octanol–water partition coefficient (Wildman–Crippen LogP) is 6.46. The third-order valence-corrected chi connectivity index (χ3v) is 12.7. The van der Waals surface area contributed by atoms with Gasteiger partial charge in [-0.3, -0.25) is 0 Å². The molecule has 1 unspecified atom stereocenters. The fraction of sp³-hybridized carbons (Fsp3) is 0.360. The summed E-state index contributed by atoms with van der Waals surface area (Å²) >= 11 is 3.66. The molecule has 0 spiro atoms. The van der Waals surface area contributed by atoms with E-state index in [-0.39, 0.29) is 28.6 Å². The van der Waals surface area contributed by atoms with Crippen LogP contribution in [0.1, 0.15) is 45.4 Å². The molecule has 0 bridgehead atoms. The van der Waals surface area contributed by atoms with E-state index < -0.39 is 23.8 Å². The van der Waals surface area contributed by atoms with Crippen LogP contribution in [-0.4, -0.2) is 20.9 Å². The number of hydrogen-bond donors (Lipinski definition) is 0. The van der Waals surface area contributed by atoms with Crippen LogP contribution in [0.3, 0.4) is 0 Å². The van der Waals surface area contributed by atoms with Gasteiger partial charge in [-0.1, -0.05) is 83.7 Å². The Labute approximate surface area is 200 Å². The highest BCUT2D eigenvalue weighted by Gasteiger charge is 2.61. The molecule has 0 radical (unpaired) electrons. The van der Waals surface area contributed by atoms with Crippen molar-refractivity contribution in [1.82, 2.24) is 0 Å². The molecule has 1 saturated carbocycles. The van der Waals surface area contributed by atoms with Crippen molar-refractivity contribution in [3.05, 3.63) is 83.4 Å². The minimum absolute atomic E-state index is 0.0191. The van der Waals surface area contributed by atoms with Crippen LogP contribution >= 0.6 is 15.9 Å². The van der Waals surface area contributed by atoms with Crippen LogP contribution in [0.15, 0.2) is 93.2 Å². The van der Waals surface area contributed by atoms with Gasteiger partial charge in [-0.15, -0.1) is 6.58 Å². The molecule has 1 aliphatic rings. The summed E-state index contributed by atoms with van der Waals surface area (Å²) in [5, 5.41) is 0. The summed E-state index contributed by atoms with van der Waals surface area (Å²) in [5.41, 5.74) is 0.815. The summed E-state index contributed by atoms with van der Waals surface area (Å²) in [6, 6.07) is 15.8. The van der Waals surface area contributed by atoms with Gasteiger partial charge >= 0.3 is 0 Å². The SMILES string of the molecule is C=CC1CC(S(=O)(=O)c2ccccc2)(S(=O)(=O)c2ccccc2)C/C1=C(/Br)CCCCC. The molecule has 0 aliphatic heterocycles. The van der Waals surface area contributed by atoms with Gasteiger partial charge in [0.25, 0.3) is 0 Å². The molecular weight excluding hydrogens is 508 g/mol. The van der Waals surface area contributed by atoms with Crippen molar-refractivity contribution < 1.29 is 16.8 Å². The average Bonchev–Trinajstić information content (AvgIpc) is 3.23. The number of unbranched alkanes of at least 4 members (excludes halogenated alkanes) is 2. The minimum atomic E-state index is -4.23. The van der Waals surface area contributed by atoms with E-state index >= 15 is 0 Å². The van der Waals surface area contributed by atoms with E-state index in [4.69, 9.17) is 0 Å². The zero-order valence-corrected chi connectivity index (χ0v) is 21.4. The van der Waals surface area contributed by atoms with Crippen LogP contribution in [0.25, 0.3) is 0 Å². The van der Waals surface area contributed by atoms with Crippen molar-refractivity contribution in [3.8, 4) is 0 Å². The Balaban J connectivity index is 2.24. The van der Waals surface area contributed by atoms with Crippen molar-refractivity contribution in [2.24, 2.45) is 5.92 Å². The molecule has 172 valence electrons. The van der Waals surface area contributed by atoms with E-state index in [0.29, 0.717) is 0 Å². The number of halogens is 1. The smallest absolute Gasteiger partial charge is 0.199 e. The molecule has 1 fully saturated rings. The number of rotatable bonds is 9. The topological polar surface area (TPSA) is 68.3 Å². The zero-order valence-electron chi connectivity index (χ0n) is 18.2. The maximum Gasteiger partial charge on any atom is 0.199 e. The second kappa shape index (κ2) is 10.1. The summed E-state index contributed by atoms with van der Waals surface area (Å²) in [4.78, 5) is 0.0383. The van der Waals surface area contributed by atoms with E-state index in [9.17, 15) is 16.8 Å². The predicted molar refractivity (Wildman–Crippen MR) is 133 cm³/mol. The fourth-order valence-corrected chi connectivity index (χ4v) is 10.2. The summed E-state index contributed by atoms with van der Waals surface area (Å²) in [7, 11) is -8.46. The van der Waals surface area contributed by atoms with Gasteiger partial charge in [0.2, 0.25) is 0 Å². The molecule has 1 aliphatic carbocycles. The lowest BCUT2D eigenvalue weighted by Gasteiger charge is -2.29. The van der Waals surface area contributed by atoms with Crippen molar-refractivity contribution >= 4 is 35.6 Å². The van der Waals surface area contributed by atoms with Gasteiger partial charge in [0, 0.05) is 12.3 Å². The normalized spacial score (nSPS) is 20.1. The third kappa shape index (κ3) is 4.39. The summed E-state index contributed by atoms with van der Waals surface area (Å²) < 4.78 is 55.0. The fourth-order valence-electron chi connectivity index (χ4n) is 4.35. The van der Waals surface area contributed by atoms with Crippen LogP contribution in [0.2, 0.25) is 0 Å². The highest BCUT2D eigenvalue weighted by atomic mass is 79.9. The molecule has 0 saturated heterocycles. The molecule has 0 amide bonds. The molecule has 0 aromatic heterocycles. The molecule has 2 aromatic carbocycles. The standard InChI is InChI=1S/C25H29BrO4S2/c1-3-5-8-17-24(26)23-19-25(18-20(23)4-2,31(27,28)21-13-9-6-10-14-21)32(29,30)22-15-11-7-12-16-22/h4,6-7,9-16,20H,2-3,5,8,17-19H2,1H3/b24-23-. The van der Waals surface area contributed by atoms with Gasteiger partial charge in [0.15, 0.2) is 23.8 Å². The van der Waals surface area contributed by atoms with Crippen molar-refractivity contribution in [3.63, 3.8) is 0 Å². The number of allylic oxidation sites excluding steroid dienone is 3. The van der Waals surface area contributed by atoms with E-state index in [2.05, 4.69) is 29.4 Å². The Morgan fingerprint density at radius 2 is 1.47 bits per heavy atom. The molecule has 0 N–H and O–H groups in total. The molecule has 4 nitrogen and oxygen atoms in total. The zero-order chi connectivity index (χ0) is 23.4. The number of benzene rings is 2. The van der Waals surface area contributed by atoms with Gasteiger partial charge in [0.1, 0.15) is 0 Å². The molecule has 7 heteroatoms. The van der Waals surface area contributed by atoms with E-state index in [1.54, 1.807) is 42.5 Å². The first-order chi connectivity index (χ1) is 15.2. The molecule has 0 heterocycles. The van der Waals surface area contributed by atoms with Crippen molar-refractivity contribution in [2.45, 2.75) is 59.3 Å². The van der Waals surface area contributed by atoms with E-state index in [1.165, 1.54) is 24.3 Å². The van der Waals surface area contributed by atoms with Gasteiger partial charge in [-0.2, -0.15) is 0 Å². The molecule has 3 rings (SSSR count). The Morgan fingerprint density at radius 1 is 0.969 bits per heavy atom. The number of sulfone groups is 2. The molecular formula is C25H29BrO4S2. The first kappa shape index (κ1) is 24.9. The Hall–Kier alpha value is -1.70. The maximum absolute atomic E-state index is 14.0. The van der Waals surface area contributed by atoms with Crippen LogP contribution < -0.4 is 0 Å². The lowest BCUT2D eigenvalue weighted by atomic mass is 10.0. The van der Waals surface area contributed by atoms with Crippen LogP contribution in [0, 0.1) is 5.92 Å². The van der Waals surface area contributed by atoms with E-state index in [0.717, 1.165) is 35.7 Å². The highest BCUT2D eigenvalue weighted by molar-refractivity contribution is 9.11. The average molecular weight is 538 g/mol. The maximum atomic E-state index is 14.0. The second-order valence-electron chi connectivity index (χ2n) is 8.15. The number of hydrogen-bond acceptors (Lipinski definition) is 4. The summed E-state index contributed by atoms with van der Waals surface area (Å²) in [6.07, 6.45) is 5.37. The second-order valence-corrected chi connectivity index (χ2v) is 13.9. The van der Waals surface area contributed by atoms with Gasteiger partial charge in [-0.05, 0) is 48.0 Å². The van der Waals surface area contributed by atoms with Gasteiger partial charge in [-0.25, -0.2) is 16.8 Å². The van der Waals surface area contributed by atoms with Crippen LogP contribution in [-0.2, 0) is 19.7 Å². The largest absolute Gasteiger partial charge is 0.222 e. The van der Waals surface area contributed by atoms with Crippen LogP contribution in [0.4, 0.5) is 0 Å².